The van der Waals surface area contributed by atoms with Gasteiger partial charge < -0.3 is 9.64 Å². The highest BCUT2D eigenvalue weighted by molar-refractivity contribution is 7.22. The largest absolute Gasteiger partial charge is 0.466 e. The Morgan fingerprint density at radius 1 is 1.12 bits per heavy atom. The minimum atomic E-state index is -0.661. The third-order valence-corrected chi connectivity index (χ3v) is 7.21. The van der Waals surface area contributed by atoms with Gasteiger partial charge in [0, 0.05) is 18.1 Å². The maximum atomic E-state index is 13.9. The van der Waals surface area contributed by atoms with Gasteiger partial charge >= 0.3 is 5.97 Å². The van der Waals surface area contributed by atoms with Crippen molar-refractivity contribution < 1.29 is 14.3 Å². The smallest absolute Gasteiger partial charge is 0.338 e. The second kappa shape index (κ2) is 8.56. The highest BCUT2D eigenvalue weighted by Crippen LogP contribution is 2.45. The standard InChI is InChI=1S/C24H22ClN3O3S/c1-31-23(30)19-20(15-8-7-9-16(25)14-15)28(22(29)21(19)27-12-5-2-6-13-27)24-26-17-10-3-4-11-18(17)32-24/h3-4,7-11,14,20H,2,5-6,12-13H2,1H3. The van der Waals surface area contributed by atoms with Crippen LogP contribution >= 0.6 is 22.9 Å². The van der Waals surface area contributed by atoms with E-state index < -0.39 is 12.0 Å². The van der Waals surface area contributed by atoms with Crippen molar-refractivity contribution in [2.45, 2.75) is 25.3 Å². The molecule has 1 atom stereocenters. The van der Waals surface area contributed by atoms with Crippen LogP contribution in [0.25, 0.3) is 10.2 Å². The molecule has 0 N–H and O–H groups in total. The van der Waals surface area contributed by atoms with Crippen LogP contribution in [-0.4, -0.2) is 42.0 Å². The lowest BCUT2D eigenvalue weighted by Gasteiger charge is -2.29. The number of rotatable bonds is 4. The molecule has 0 saturated carbocycles. The fourth-order valence-electron chi connectivity index (χ4n) is 4.50. The van der Waals surface area contributed by atoms with Crippen molar-refractivity contribution in [1.29, 1.82) is 0 Å². The van der Waals surface area contributed by atoms with Gasteiger partial charge in [0.15, 0.2) is 5.13 Å². The molecule has 2 aliphatic heterocycles. The van der Waals surface area contributed by atoms with Crippen LogP contribution in [0.1, 0.15) is 30.9 Å². The van der Waals surface area contributed by atoms with Crippen LogP contribution in [0, 0.1) is 0 Å². The summed E-state index contributed by atoms with van der Waals surface area (Å²) in [6, 6.07) is 14.4. The number of likely N-dealkylation sites (tertiary alicyclic amines) is 1. The van der Waals surface area contributed by atoms with E-state index in [1.807, 2.05) is 41.3 Å². The number of hydrogen-bond donors (Lipinski definition) is 0. The molecule has 5 rings (SSSR count). The Kier molecular flexibility index (Phi) is 5.61. The van der Waals surface area contributed by atoms with E-state index in [0.29, 0.717) is 21.4 Å². The highest BCUT2D eigenvalue weighted by atomic mass is 35.5. The number of para-hydroxylation sites is 1. The molecule has 0 aliphatic carbocycles. The molecule has 0 spiro atoms. The molecular formula is C24H22ClN3O3S. The van der Waals surface area contributed by atoms with Crippen LogP contribution in [0.5, 0.6) is 0 Å². The zero-order valence-corrected chi connectivity index (χ0v) is 19.2. The molecule has 1 fully saturated rings. The van der Waals surface area contributed by atoms with Crippen molar-refractivity contribution in [3.63, 3.8) is 0 Å². The van der Waals surface area contributed by atoms with Gasteiger partial charge in [0.1, 0.15) is 5.70 Å². The van der Waals surface area contributed by atoms with Crippen molar-refractivity contribution in [3.05, 3.63) is 70.4 Å². The Morgan fingerprint density at radius 2 is 1.91 bits per heavy atom. The number of thiazole rings is 1. The maximum Gasteiger partial charge on any atom is 0.338 e. The molecule has 0 radical (unpaired) electrons. The second-order valence-corrected chi connectivity index (χ2v) is 9.34. The third-order valence-electron chi connectivity index (χ3n) is 5.94. The zero-order valence-electron chi connectivity index (χ0n) is 17.6. The molecule has 2 aliphatic rings. The first-order valence-corrected chi connectivity index (χ1v) is 11.8. The predicted molar refractivity (Wildman–Crippen MR) is 126 cm³/mol. The van der Waals surface area contributed by atoms with Crippen LogP contribution in [-0.2, 0) is 14.3 Å². The number of nitrogens with zero attached hydrogens (tertiary/aromatic N) is 3. The lowest BCUT2D eigenvalue weighted by Crippen LogP contribution is -2.36. The van der Waals surface area contributed by atoms with Crippen LogP contribution in [0.15, 0.2) is 59.8 Å². The first-order chi connectivity index (χ1) is 15.6. The number of esters is 1. The van der Waals surface area contributed by atoms with Gasteiger partial charge in [-0.15, -0.1) is 0 Å². The number of amides is 1. The Labute approximate surface area is 195 Å². The average Bonchev–Trinajstić information content (AvgIpc) is 3.37. The number of benzene rings is 2. The van der Waals surface area contributed by atoms with Crippen molar-refractivity contribution >= 4 is 50.2 Å². The van der Waals surface area contributed by atoms with E-state index >= 15 is 0 Å². The van der Waals surface area contributed by atoms with E-state index in [1.54, 1.807) is 17.0 Å². The number of carbonyl (C=O) groups is 2. The number of fused-ring (bicyclic) bond motifs is 1. The van der Waals surface area contributed by atoms with Crippen molar-refractivity contribution in [1.82, 2.24) is 9.88 Å². The molecule has 32 heavy (non-hydrogen) atoms. The van der Waals surface area contributed by atoms with E-state index in [2.05, 4.69) is 0 Å². The summed E-state index contributed by atoms with van der Waals surface area (Å²) in [7, 11) is 1.35. The van der Waals surface area contributed by atoms with Crippen LogP contribution in [0.3, 0.4) is 0 Å². The van der Waals surface area contributed by atoms with Gasteiger partial charge in [0.05, 0.1) is 28.9 Å². The van der Waals surface area contributed by atoms with Gasteiger partial charge in [-0.25, -0.2) is 9.78 Å². The molecular weight excluding hydrogens is 446 g/mol. The summed E-state index contributed by atoms with van der Waals surface area (Å²) in [5, 5.41) is 1.09. The average molecular weight is 468 g/mol. The van der Waals surface area contributed by atoms with Crippen molar-refractivity contribution in [2.75, 3.05) is 25.1 Å². The fourth-order valence-corrected chi connectivity index (χ4v) is 5.69. The summed E-state index contributed by atoms with van der Waals surface area (Å²) >= 11 is 7.74. The van der Waals surface area contributed by atoms with E-state index in [9.17, 15) is 9.59 Å². The lowest BCUT2D eigenvalue weighted by molar-refractivity contribution is -0.136. The number of anilines is 1. The van der Waals surface area contributed by atoms with Gasteiger partial charge in [0.2, 0.25) is 0 Å². The van der Waals surface area contributed by atoms with E-state index in [0.717, 1.165) is 48.1 Å². The van der Waals surface area contributed by atoms with Crippen molar-refractivity contribution in [2.24, 2.45) is 0 Å². The molecule has 2 aromatic carbocycles. The minimum Gasteiger partial charge on any atom is -0.466 e. The first kappa shape index (κ1) is 21.0. The SMILES string of the molecule is COC(=O)C1=C(N2CCCCC2)C(=O)N(c2nc3ccccc3s2)C1c1cccc(Cl)c1. The molecule has 6 nitrogen and oxygen atoms in total. The number of piperidine rings is 1. The number of methoxy groups -OCH3 is 1. The molecule has 8 heteroatoms. The molecule has 1 unspecified atom stereocenters. The lowest BCUT2D eigenvalue weighted by atomic mass is 9.98. The highest BCUT2D eigenvalue weighted by Gasteiger charge is 2.48. The summed E-state index contributed by atoms with van der Waals surface area (Å²) in [6.07, 6.45) is 3.08. The molecule has 3 heterocycles. The molecule has 3 aromatic rings. The summed E-state index contributed by atoms with van der Waals surface area (Å²) in [4.78, 5) is 35.4. The maximum absolute atomic E-state index is 13.9. The zero-order chi connectivity index (χ0) is 22.2. The van der Waals surface area contributed by atoms with Crippen molar-refractivity contribution in [3.8, 4) is 0 Å². The van der Waals surface area contributed by atoms with Crippen LogP contribution < -0.4 is 4.90 Å². The molecule has 164 valence electrons. The van der Waals surface area contributed by atoms with Crippen LogP contribution in [0.4, 0.5) is 5.13 Å². The Bertz CT molecular complexity index is 1200. The third kappa shape index (κ3) is 3.55. The topological polar surface area (TPSA) is 62.7 Å². The van der Waals surface area contributed by atoms with Crippen LogP contribution in [0.2, 0.25) is 5.02 Å². The first-order valence-electron chi connectivity index (χ1n) is 10.6. The van der Waals surface area contributed by atoms with Gasteiger partial charge in [-0.05, 0) is 49.1 Å². The quantitative estimate of drug-likeness (QED) is 0.508. The van der Waals surface area contributed by atoms with Gasteiger partial charge in [0.25, 0.3) is 5.91 Å². The van der Waals surface area contributed by atoms with E-state index in [-0.39, 0.29) is 5.91 Å². The van der Waals surface area contributed by atoms with Gasteiger partial charge in [-0.1, -0.05) is 47.2 Å². The molecule has 1 aromatic heterocycles. The number of hydrogen-bond acceptors (Lipinski definition) is 6. The summed E-state index contributed by atoms with van der Waals surface area (Å²) in [6.45, 7) is 1.47. The van der Waals surface area contributed by atoms with E-state index in [4.69, 9.17) is 21.3 Å². The fraction of sp³-hybridized carbons (Fsp3) is 0.292. The molecule has 1 saturated heterocycles. The second-order valence-electron chi connectivity index (χ2n) is 7.90. The Balaban J connectivity index is 1.72. The number of aromatic nitrogens is 1. The summed E-state index contributed by atoms with van der Waals surface area (Å²) < 4.78 is 6.15. The number of halogens is 1. The Hall–Kier alpha value is -2.90. The minimum absolute atomic E-state index is 0.226. The summed E-state index contributed by atoms with van der Waals surface area (Å²) in [5.41, 5.74) is 2.33. The molecule has 1 amide bonds. The summed E-state index contributed by atoms with van der Waals surface area (Å²) in [5.74, 6) is -0.733. The number of ether oxygens (including phenoxy) is 1. The van der Waals surface area contributed by atoms with E-state index in [1.165, 1.54) is 18.4 Å². The van der Waals surface area contributed by atoms with Gasteiger partial charge in [-0.3, -0.25) is 9.69 Å². The normalized spacial score (nSPS) is 19.2. The predicted octanol–water partition coefficient (Wildman–Crippen LogP) is 4.95. The van der Waals surface area contributed by atoms with Gasteiger partial charge in [-0.2, -0.15) is 0 Å². The Morgan fingerprint density at radius 3 is 2.62 bits per heavy atom. The molecule has 0 bridgehead atoms. The monoisotopic (exact) mass is 467 g/mol. The number of carbonyl (C=O) groups excluding carboxylic acids is 2.